The maximum atomic E-state index is 13.7. The van der Waals surface area contributed by atoms with Gasteiger partial charge in [-0.15, -0.1) is 0 Å². The van der Waals surface area contributed by atoms with E-state index in [2.05, 4.69) is 0 Å². The molecule has 0 heterocycles. The lowest BCUT2D eigenvalue weighted by atomic mass is 10.1. The van der Waals surface area contributed by atoms with Gasteiger partial charge in [0.05, 0.1) is 0 Å². The molecule has 0 aromatic heterocycles. The topological polar surface area (TPSA) is 52.3 Å². The van der Waals surface area contributed by atoms with Gasteiger partial charge in [-0.3, -0.25) is 4.79 Å². The fourth-order valence-corrected chi connectivity index (χ4v) is 1.86. The summed E-state index contributed by atoms with van der Waals surface area (Å²) >= 11 is 0. The number of nitrogens with two attached hydrogens (primary N) is 1. The monoisotopic (exact) mass is 273 g/mol. The van der Waals surface area contributed by atoms with Crippen molar-refractivity contribution in [3.8, 4) is 5.75 Å². The van der Waals surface area contributed by atoms with Crippen molar-refractivity contribution < 1.29 is 13.9 Å². The maximum Gasteiger partial charge on any atom is 0.248 e. The molecule has 0 atom stereocenters. The van der Waals surface area contributed by atoms with Crippen LogP contribution in [-0.2, 0) is 6.61 Å². The van der Waals surface area contributed by atoms with Crippen LogP contribution in [-0.4, -0.2) is 5.91 Å². The lowest BCUT2D eigenvalue weighted by Gasteiger charge is -2.11. The van der Waals surface area contributed by atoms with Gasteiger partial charge in [0.2, 0.25) is 5.91 Å². The van der Waals surface area contributed by atoms with Crippen molar-refractivity contribution in [3.63, 3.8) is 0 Å². The highest BCUT2D eigenvalue weighted by Gasteiger charge is 2.08. The van der Waals surface area contributed by atoms with Crippen LogP contribution in [0.15, 0.2) is 36.4 Å². The van der Waals surface area contributed by atoms with E-state index in [1.807, 2.05) is 32.0 Å². The highest BCUT2D eigenvalue weighted by molar-refractivity contribution is 5.92. The van der Waals surface area contributed by atoms with Gasteiger partial charge in [-0.05, 0) is 49.2 Å². The first-order valence-electron chi connectivity index (χ1n) is 6.25. The second kappa shape index (κ2) is 5.74. The first kappa shape index (κ1) is 14.1. The third-order valence-corrected chi connectivity index (χ3v) is 3.06. The lowest BCUT2D eigenvalue weighted by Crippen LogP contribution is -2.12. The van der Waals surface area contributed by atoms with Gasteiger partial charge in [-0.25, -0.2) is 4.39 Å². The fraction of sp³-hybridized carbons (Fsp3) is 0.188. The van der Waals surface area contributed by atoms with E-state index >= 15 is 0 Å². The summed E-state index contributed by atoms with van der Waals surface area (Å²) in [6, 6.07) is 9.83. The average Bonchev–Trinajstić information content (AvgIpc) is 2.41. The maximum absolute atomic E-state index is 13.7. The molecule has 2 aromatic carbocycles. The number of amides is 1. The fourth-order valence-electron chi connectivity index (χ4n) is 1.86. The van der Waals surface area contributed by atoms with E-state index in [1.165, 1.54) is 18.2 Å². The Morgan fingerprint density at radius 2 is 1.95 bits per heavy atom. The molecule has 4 heteroatoms. The zero-order chi connectivity index (χ0) is 14.7. The van der Waals surface area contributed by atoms with Gasteiger partial charge in [0, 0.05) is 11.1 Å². The minimum atomic E-state index is -0.585. The molecule has 0 aliphatic rings. The van der Waals surface area contributed by atoms with E-state index in [0.29, 0.717) is 11.3 Å². The lowest BCUT2D eigenvalue weighted by molar-refractivity contribution is 0.1000. The van der Waals surface area contributed by atoms with Gasteiger partial charge >= 0.3 is 0 Å². The minimum absolute atomic E-state index is 0.0528. The van der Waals surface area contributed by atoms with Gasteiger partial charge in [0.25, 0.3) is 0 Å². The van der Waals surface area contributed by atoms with E-state index in [9.17, 15) is 9.18 Å². The number of rotatable bonds is 4. The van der Waals surface area contributed by atoms with Crippen molar-refractivity contribution in [1.82, 2.24) is 0 Å². The number of hydrogen-bond donors (Lipinski definition) is 1. The summed E-state index contributed by atoms with van der Waals surface area (Å²) in [6.45, 7) is 3.93. The van der Waals surface area contributed by atoms with Gasteiger partial charge in [-0.1, -0.05) is 12.1 Å². The minimum Gasteiger partial charge on any atom is -0.489 e. The summed E-state index contributed by atoms with van der Waals surface area (Å²) in [5.41, 5.74) is 7.80. The number of ether oxygens (including phenoxy) is 1. The highest BCUT2D eigenvalue weighted by atomic mass is 19.1. The molecule has 0 saturated heterocycles. The smallest absolute Gasteiger partial charge is 0.248 e. The first-order valence-corrected chi connectivity index (χ1v) is 6.25. The normalized spacial score (nSPS) is 10.3. The first-order chi connectivity index (χ1) is 9.47. The standard InChI is InChI=1S/C16H16FNO2/c1-10-3-4-11(2)15(7-10)20-9-13-8-12(16(18)19)5-6-14(13)17/h3-8H,9H2,1-2H3,(H2,18,19). The van der Waals surface area contributed by atoms with Gasteiger partial charge in [0.1, 0.15) is 18.2 Å². The molecule has 3 nitrogen and oxygen atoms in total. The predicted molar refractivity (Wildman–Crippen MR) is 75.2 cm³/mol. The Kier molecular flexibility index (Phi) is 4.03. The van der Waals surface area contributed by atoms with Crippen molar-refractivity contribution >= 4 is 5.91 Å². The van der Waals surface area contributed by atoms with Gasteiger partial charge in [0.15, 0.2) is 0 Å². The molecule has 0 aliphatic heterocycles. The van der Waals surface area contributed by atoms with E-state index in [-0.39, 0.29) is 12.2 Å². The molecule has 0 bridgehead atoms. The quantitative estimate of drug-likeness (QED) is 0.930. The van der Waals surface area contributed by atoms with Gasteiger partial charge < -0.3 is 10.5 Å². The Labute approximate surface area is 117 Å². The summed E-state index contributed by atoms with van der Waals surface area (Å²) in [5.74, 6) is -0.299. The molecule has 1 amide bonds. The SMILES string of the molecule is Cc1ccc(C)c(OCc2cc(C(N)=O)ccc2F)c1. The highest BCUT2D eigenvalue weighted by Crippen LogP contribution is 2.21. The third kappa shape index (κ3) is 3.15. The van der Waals surface area contributed by atoms with Crippen LogP contribution in [0, 0.1) is 19.7 Å². The summed E-state index contributed by atoms with van der Waals surface area (Å²) < 4.78 is 19.3. The third-order valence-electron chi connectivity index (χ3n) is 3.06. The Morgan fingerprint density at radius 1 is 1.20 bits per heavy atom. The molecule has 2 rings (SSSR count). The molecule has 0 unspecified atom stereocenters. The van der Waals surface area contributed by atoms with Crippen LogP contribution in [0.3, 0.4) is 0 Å². The van der Waals surface area contributed by atoms with Crippen molar-refractivity contribution in [1.29, 1.82) is 0 Å². The van der Waals surface area contributed by atoms with E-state index < -0.39 is 11.7 Å². The molecule has 0 fully saturated rings. The summed E-state index contributed by atoms with van der Waals surface area (Å²) in [4.78, 5) is 11.1. The van der Waals surface area contributed by atoms with Crippen molar-refractivity contribution in [2.45, 2.75) is 20.5 Å². The summed E-state index contributed by atoms with van der Waals surface area (Å²) in [5, 5.41) is 0. The van der Waals surface area contributed by atoms with Crippen LogP contribution in [0.25, 0.3) is 0 Å². The molecule has 2 aromatic rings. The van der Waals surface area contributed by atoms with E-state index in [0.717, 1.165) is 11.1 Å². The number of hydrogen-bond acceptors (Lipinski definition) is 2. The zero-order valence-corrected chi connectivity index (χ0v) is 11.4. The zero-order valence-electron chi connectivity index (χ0n) is 11.4. The van der Waals surface area contributed by atoms with Crippen LogP contribution >= 0.6 is 0 Å². The number of carbonyl (C=O) groups is 1. The molecule has 20 heavy (non-hydrogen) atoms. The van der Waals surface area contributed by atoms with Crippen molar-refractivity contribution in [2.24, 2.45) is 5.73 Å². The number of aryl methyl sites for hydroxylation is 2. The molecule has 0 saturated carbocycles. The van der Waals surface area contributed by atoms with Gasteiger partial charge in [-0.2, -0.15) is 0 Å². The average molecular weight is 273 g/mol. The van der Waals surface area contributed by atoms with Crippen LogP contribution in [0.5, 0.6) is 5.75 Å². The molecule has 0 aliphatic carbocycles. The van der Waals surface area contributed by atoms with Crippen molar-refractivity contribution in [3.05, 3.63) is 64.5 Å². The van der Waals surface area contributed by atoms with Crippen molar-refractivity contribution in [2.75, 3.05) is 0 Å². The molecule has 2 N–H and O–H groups in total. The Balaban J connectivity index is 2.20. The number of primary amides is 1. The second-order valence-electron chi connectivity index (χ2n) is 4.73. The number of carbonyl (C=O) groups excluding carboxylic acids is 1. The summed E-state index contributed by atoms with van der Waals surface area (Å²) in [7, 11) is 0. The number of halogens is 1. The van der Waals surface area contributed by atoms with Crippen LogP contribution in [0.1, 0.15) is 27.0 Å². The second-order valence-corrected chi connectivity index (χ2v) is 4.73. The summed E-state index contributed by atoms with van der Waals surface area (Å²) in [6.07, 6.45) is 0. The Bertz CT molecular complexity index is 653. The molecular formula is C16H16FNO2. The Morgan fingerprint density at radius 3 is 2.65 bits per heavy atom. The van der Waals surface area contributed by atoms with E-state index in [4.69, 9.17) is 10.5 Å². The largest absolute Gasteiger partial charge is 0.489 e. The molecule has 0 radical (unpaired) electrons. The molecule has 0 spiro atoms. The van der Waals surface area contributed by atoms with Crippen LogP contribution in [0.2, 0.25) is 0 Å². The number of benzene rings is 2. The Hall–Kier alpha value is -2.36. The van der Waals surface area contributed by atoms with Crippen LogP contribution < -0.4 is 10.5 Å². The van der Waals surface area contributed by atoms with Crippen LogP contribution in [0.4, 0.5) is 4.39 Å². The predicted octanol–water partition coefficient (Wildman–Crippen LogP) is 3.12. The molecule has 104 valence electrons. The van der Waals surface area contributed by atoms with E-state index in [1.54, 1.807) is 0 Å². The molecular weight excluding hydrogens is 257 g/mol.